The minimum atomic E-state index is 0.335. The Bertz CT molecular complexity index is 283. The van der Waals surface area contributed by atoms with Gasteiger partial charge < -0.3 is 11.5 Å². The van der Waals surface area contributed by atoms with Gasteiger partial charge in [-0.25, -0.2) is 9.97 Å². The molecule has 0 saturated carbocycles. The summed E-state index contributed by atoms with van der Waals surface area (Å²) in [6, 6.07) is 0. The van der Waals surface area contributed by atoms with Crippen LogP contribution in [-0.2, 0) is 6.42 Å². The molecule has 0 aromatic carbocycles. The van der Waals surface area contributed by atoms with Gasteiger partial charge in [-0.3, -0.25) is 0 Å². The zero-order chi connectivity index (χ0) is 9.14. The van der Waals surface area contributed by atoms with E-state index in [1.165, 1.54) is 0 Å². The Kier molecular flexibility index (Phi) is 2.60. The van der Waals surface area contributed by atoms with Crippen LogP contribution in [0.3, 0.4) is 0 Å². The van der Waals surface area contributed by atoms with Gasteiger partial charge in [-0.15, -0.1) is 0 Å². The summed E-state index contributed by atoms with van der Waals surface area (Å²) in [7, 11) is 0. The number of nitrogens with zero attached hydrogens (tertiary/aromatic N) is 2. The summed E-state index contributed by atoms with van der Waals surface area (Å²) in [5.74, 6) is 0.335. The Hall–Kier alpha value is -1.16. The van der Waals surface area contributed by atoms with Crippen molar-refractivity contribution in [3.05, 3.63) is 17.0 Å². The molecule has 4 N–H and O–H groups in total. The van der Waals surface area contributed by atoms with Crippen molar-refractivity contribution in [1.82, 2.24) is 9.97 Å². The summed E-state index contributed by atoms with van der Waals surface area (Å²) in [6.07, 6.45) is 0.763. The Morgan fingerprint density at radius 3 is 2.50 bits per heavy atom. The smallest absolute Gasteiger partial charge is 0.220 e. The molecular formula is C8H14N4. The normalized spacial score (nSPS) is 10.2. The van der Waals surface area contributed by atoms with E-state index in [2.05, 4.69) is 9.97 Å². The molecule has 0 radical (unpaired) electrons. The second-order valence-electron chi connectivity index (χ2n) is 2.78. The van der Waals surface area contributed by atoms with E-state index < -0.39 is 0 Å². The maximum Gasteiger partial charge on any atom is 0.220 e. The predicted octanol–water partition coefficient (Wildman–Crippen LogP) is 0.177. The second-order valence-corrected chi connectivity index (χ2v) is 2.78. The lowest BCUT2D eigenvalue weighted by Crippen LogP contribution is -2.10. The van der Waals surface area contributed by atoms with Gasteiger partial charge in [-0.2, -0.15) is 0 Å². The minimum Gasteiger partial charge on any atom is -0.368 e. The van der Waals surface area contributed by atoms with E-state index in [1.807, 2.05) is 13.8 Å². The number of nitrogen functional groups attached to an aromatic ring is 1. The van der Waals surface area contributed by atoms with Gasteiger partial charge in [0.25, 0.3) is 0 Å². The molecule has 0 atom stereocenters. The highest BCUT2D eigenvalue weighted by Gasteiger charge is 2.04. The molecule has 0 aliphatic rings. The van der Waals surface area contributed by atoms with Crippen molar-refractivity contribution < 1.29 is 0 Å². The molecule has 4 heteroatoms. The van der Waals surface area contributed by atoms with Gasteiger partial charge in [0.1, 0.15) is 0 Å². The highest BCUT2D eigenvalue weighted by atomic mass is 15.0. The van der Waals surface area contributed by atoms with Gasteiger partial charge in [-0.05, 0) is 26.0 Å². The number of anilines is 1. The number of aryl methyl sites for hydroxylation is 1. The van der Waals surface area contributed by atoms with Crippen LogP contribution in [0.1, 0.15) is 17.0 Å². The van der Waals surface area contributed by atoms with Crippen molar-refractivity contribution >= 4 is 5.95 Å². The van der Waals surface area contributed by atoms with E-state index in [1.54, 1.807) is 0 Å². The Morgan fingerprint density at radius 1 is 1.25 bits per heavy atom. The molecule has 0 saturated heterocycles. The zero-order valence-corrected chi connectivity index (χ0v) is 7.46. The standard InChI is InChI=1S/C8H14N4/c1-5-6(2)11-8(10)12-7(5)3-4-9/h3-4,9H2,1-2H3,(H2,10,11,12). The third kappa shape index (κ3) is 1.71. The van der Waals surface area contributed by atoms with Crippen molar-refractivity contribution in [3.63, 3.8) is 0 Å². The molecule has 12 heavy (non-hydrogen) atoms. The number of hydrogen-bond acceptors (Lipinski definition) is 4. The van der Waals surface area contributed by atoms with Crippen molar-refractivity contribution in [1.29, 1.82) is 0 Å². The lowest BCUT2D eigenvalue weighted by Gasteiger charge is -2.06. The SMILES string of the molecule is Cc1nc(N)nc(CCN)c1C. The molecular weight excluding hydrogens is 152 g/mol. The molecule has 0 aliphatic carbocycles. The third-order valence-corrected chi connectivity index (χ3v) is 1.89. The van der Waals surface area contributed by atoms with Crippen LogP contribution in [0.2, 0.25) is 0 Å². The molecule has 0 amide bonds. The number of nitrogens with two attached hydrogens (primary N) is 2. The van der Waals surface area contributed by atoms with Crippen LogP contribution in [-0.4, -0.2) is 16.5 Å². The van der Waals surface area contributed by atoms with Gasteiger partial charge in [0.2, 0.25) is 5.95 Å². The van der Waals surface area contributed by atoms with Crippen molar-refractivity contribution in [2.75, 3.05) is 12.3 Å². The number of aromatic nitrogens is 2. The van der Waals surface area contributed by atoms with Crippen molar-refractivity contribution in [2.45, 2.75) is 20.3 Å². The van der Waals surface area contributed by atoms with E-state index in [0.29, 0.717) is 12.5 Å². The van der Waals surface area contributed by atoms with E-state index in [9.17, 15) is 0 Å². The van der Waals surface area contributed by atoms with Crippen LogP contribution in [0.4, 0.5) is 5.95 Å². The molecule has 1 aromatic rings. The first-order valence-electron chi connectivity index (χ1n) is 3.94. The summed E-state index contributed by atoms with van der Waals surface area (Å²) in [6.45, 7) is 4.50. The molecule has 0 spiro atoms. The number of rotatable bonds is 2. The summed E-state index contributed by atoms with van der Waals surface area (Å²) in [5.41, 5.74) is 13.9. The Balaban J connectivity index is 3.09. The summed E-state index contributed by atoms with van der Waals surface area (Å²) in [5, 5.41) is 0. The van der Waals surface area contributed by atoms with Crippen molar-refractivity contribution in [3.8, 4) is 0 Å². The van der Waals surface area contributed by atoms with E-state index in [0.717, 1.165) is 23.4 Å². The van der Waals surface area contributed by atoms with Crippen LogP contribution in [0.15, 0.2) is 0 Å². The molecule has 1 aromatic heterocycles. The van der Waals surface area contributed by atoms with Crippen LogP contribution in [0.5, 0.6) is 0 Å². The van der Waals surface area contributed by atoms with Gasteiger partial charge in [0.15, 0.2) is 0 Å². The Morgan fingerprint density at radius 2 is 1.92 bits per heavy atom. The van der Waals surface area contributed by atoms with Crippen LogP contribution >= 0.6 is 0 Å². The third-order valence-electron chi connectivity index (χ3n) is 1.89. The highest BCUT2D eigenvalue weighted by molar-refractivity contribution is 5.30. The second kappa shape index (κ2) is 3.49. The van der Waals surface area contributed by atoms with Crippen LogP contribution in [0, 0.1) is 13.8 Å². The van der Waals surface area contributed by atoms with Crippen LogP contribution < -0.4 is 11.5 Å². The quantitative estimate of drug-likeness (QED) is 0.656. The average molecular weight is 166 g/mol. The summed E-state index contributed by atoms with van der Waals surface area (Å²) < 4.78 is 0. The van der Waals surface area contributed by atoms with Gasteiger partial charge >= 0.3 is 0 Å². The van der Waals surface area contributed by atoms with Gasteiger partial charge in [0, 0.05) is 12.1 Å². The van der Waals surface area contributed by atoms with Crippen molar-refractivity contribution in [2.24, 2.45) is 5.73 Å². The first kappa shape index (κ1) is 8.93. The molecule has 0 aliphatic heterocycles. The van der Waals surface area contributed by atoms with Gasteiger partial charge in [0.05, 0.1) is 5.69 Å². The van der Waals surface area contributed by atoms with Crippen LogP contribution in [0.25, 0.3) is 0 Å². The fraction of sp³-hybridized carbons (Fsp3) is 0.500. The first-order valence-corrected chi connectivity index (χ1v) is 3.94. The molecule has 0 fully saturated rings. The zero-order valence-electron chi connectivity index (χ0n) is 7.46. The topological polar surface area (TPSA) is 77.8 Å². The molecule has 1 rings (SSSR count). The maximum absolute atomic E-state index is 5.50. The molecule has 1 heterocycles. The lowest BCUT2D eigenvalue weighted by atomic mass is 10.1. The lowest BCUT2D eigenvalue weighted by molar-refractivity contribution is 0.888. The fourth-order valence-corrected chi connectivity index (χ4v) is 1.09. The first-order chi connectivity index (χ1) is 5.65. The molecule has 4 nitrogen and oxygen atoms in total. The molecule has 0 bridgehead atoms. The predicted molar refractivity (Wildman–Crippen MR) is 48.7 cm³/mol. The highest BCUT2D eigenvalue weighted by Crippen LogP contribution is 2.10. The van der Waals surface area contributed by atoms with E-state index >= 15 is 0 Å². The monoisotopic (exact) mass is 166 g/mol. The van der Waals surface area contributed by atoms with E-state index in [4.69, 9.17) is 11.5 Å². The minimum absolute atomic E-state index is 0.335. The maximum atomic E-state index is 5.50. The van der Waals surface area contributed by atoms with E-state index in [-0.39, 0.29) is 0 Å². The molecule has 0 unspecified atom stereocenters. The molecule has 66 valence electrons. The Labute approximate surface area is 72.0 Å². The summed E-state index contributed by atoms with van der Waals surface area (Å²) in [4.78, 5) is 8.15. The fourth-order valence-electron chi connectivity index (χ4n) is 1.09. The number of hydrogen-bond donors (Lipinski definition) is 2. The summed E-state index contributed by atoms with van der Waals surface area (Å²) >= 11 is 0. The van der Waals surface area contributed by atoms with Gasteiger partial charge in [-0.1, -0.05) is 0 Å². The largest absolute Gasteiger partial charge is 0.368 e. The average Bonchev–Trinajstić information content (AvgIpc) is 2.00.